The lowest BCUT2D eigenvalue weighted by Gasteiger charge is -2.25. The molecule has 0 saturated carbocycles. The van der Waals surface area contributed by atoms with Crippen molar-refractivity contribution in [3.05, 3.63) is 58.3 Å². The first-order valence-corrected chi connectivity index (χ1v) is 8.16. The number of nitrogens with zero attached hydrogens (tertiary/aromatic N) is 1. The third kappa shape index (κ3) is 4.41. The van der Waals surface area contributed by atoms with E-state index < -0.39 is 0 Å². The van der Waals surface area contributed by atoms with Crippen molar-refractivity contribution < 1.29 is 4.79 Å². The van der Waals surface area contributed by atoms with Crippen LogP contribution in [0.25, 0.3) is 0 Å². The van der Waals surface area contributed by atoms with Crippen molar-refractivity contribution in [1.29, 1.82) is 0 Å². The quantitative estimate of drug-likeness (QED) is 0.855. The van der Waals surface area contributed by atoms with E-state index in [4.69, 9.17) is 5.73 Å². The van der Waals surface area contributed by atoms with Gasteiger partial charge in [0.05, 0.1) is 5.92 Å². The van der Waals surface area contributed by atoms with E-state index in [9.17, 15) is 4.79 Å². The largest absolute Gasteiger partial charge is 0.341 e. The highest BCUT2D eigenvalue weighted by Crippen LogP contribution is 2.22. The molecular weight excluding hydrogens is 280 g/mol. The first-order chi connectivity index (χ1) is 10.2. The summed E-state index contributed by atoms with van der Waals surface area (Å²) in [6.45, 7) is 3.80. The molecule has 112 valence electrons. The lowest BCUT2D eigenvalue weighted by Crippen LogP contribution is -2.39. The van der Waals surface area contributed by atoms with Crippen molar-refractivity contribution in [2.75, 3.05) is 19.6 Å². The molecule has 21 heavy (non-hydrogen) atoms. The molecule has 1 amide bonds. The normalized spacial score (nSPS) is 12.1. The van der Waals surface area contributed by atoms with E-state index in [0.29, 0.717) is 13.1 Å². The van der Waals surface area contributed by atoms with Gasteiger partial charge in [0.25, 0.3) is 0 Å². The van der Waals surface area contributed by atoms with E-state index in [-0.39, 0.29) is 11.8 Å². The van der Waals surface area contributed by atoms with Crippen LogP contribution in [0.15, 0.2) is 47.8 Å². The molecule has 0 aliphatic rings. The van der Waals surface area contributed by atoms with Crippen molar-refractivity contribution in [1.82, 2.24) is 4.90 Å². The Labute approximate surface area is 130 Å². The fourth-order valence-corrected chi connectivity index (χ4v) is 3.11. The Kier molecular flexibility index (Phi) is 5.96. The molecule has 2 aromatic rings. The van der Waals surface area contributed by atoms with Crippen molar-refractivity contribution in [3.8, 4) is 0 Å². The minimum atomic E-state index is -0.0904. The Morgan fingerprint density at radius 3 is 2.57 bits per heavy atom. The number of nitrogens with two attached hydrogens (primary N) is 1. The number of amides is 1. The highest BCUT2D eigenvalue weighted by atomic mass is 32.1. The molecule has 1 unspecified atom stereocenters. The Morgan fingerprint density at radius 2 is 1.95 bits per heavy atom. The fraction of sp³-hybridized carbons (Fsp3) is 0.353. The Bertz CT molecular complexity index is 539. The fourth-order valence-electron chi connectivity index (χ4n) is 2.33. The summed E-state index contributed by atoms with van der Waals surface area (Å²) in [5, 5.41) is 2.01. The third-order valence-electron chi connectivity index (χ3n) is 3.56. The van der Waals surface area contributed by atoms with Gasteiger partial charge in [0.2, 0.25) is 5.91 Å². The molecule has 4 heteroatoms. The minimum Gasteiger partial charge on any atom is -0.341 e. The number of benzene rings is 1. The maximum Gasteiger partial charge on any atom is 0.230 e. The summed E-state index contributed by atoms with van der Waals surface area (Å²) in [7, 11) is 0. The van der Waals surface area contributed by atoms with Crippen LogP contribution in [0.4, 0.5) is 0 Å². The molecule has 0 aliphatic carbocycles. The summed E-state index contributed by atoms with van der Waals surface area (Å²) >= 11 is 1.63. The summed E-state index contributed by atoms with van der Waals surface area (Å²) in [6, 6.07) is 14.2. The van der Waals surface area contributed by atoms with Crippen molar-refractivity contribution in [2.24, 2.45) is 5.73 Å². The van der Waals surface area contributed by atoms with Crippen LogP contribution in [0, 0.1) is 0 Å². The molecule has 1 aromatic carbocycles. The van der Waals surface area contributed by atoms with Gasteiger partial charge >= 0.3 is 0 Å². The van der Waals surface area contributed by atoms with E-state index in [0.717, 1.165) is 17.8 Å². The second-order valence-electron chi connectivity index (χ2n) is 5.09. The van der Waals surface area contributed by atoms with Crippen LogP contribution >= 0.6 is 11.3 Å². The van der Waals surface area contributed by atoms with E-state index in [1.54, 1.807) is 11.3 Å². The molecule has 2 N–H and O–H groups in total. The average Bonchev–Trinajstić information content (AvgIpc) is 3.05. The zero-order valence-corrected chi connectivity index (χ0v) is 13.2. The molecule has 0 fully saturated rings. The number of hydrogen-bond donors (Lipinski definition) is 1. The van der Waals surface area contributed by atoms with Crippen LogP contribution in [-0.4, -0.2) is 30.4 Å². The molecular formula is C17H22N2OS. The highest BCUT2D eigenvalue weighted by Gasteiger charge is 2.21. The minimum absolute atomic E-state index is 0.0904. The van der Waals surface area contributed by atoms with Crippen LogP contribution < -0.4 is 5.73 Å². The number of carbonyl (C=O) groups is 1. The zero-order valence-electron chi connectivity index (χ0n) is 12.4. The van der Waals surface area contributed by atoms with Crippen LogP contribution in [0.2, 0.25) is 0 Å². The predicted molar refractivity (Wildman–Crippen MR) is 88.5 cm³/mol. The number of thiophene rings is 1. The summed E-state index contributed by atoms with van der Waals surface area (Å²) in [6.07, 6.45) is 0.865. The zero-order chi connectivity index (χ0) is 15.1. The molecule has 0 aliphatic heterocycles. The van der Waals surface area contributed by atoms with Crippen molar-refractivity contribution >= 4 is 17.2 Å². The highest BCUT2D eigenvalue weighted by molar-refractivity contribution is 7.10. The lowest BCUT2D eigenvalue weighted by atomic mass is 10.1. The van der Waals surface area contributed by atoms with E-state index in [1.165, 1.54) is 5.56 Å². The van der Waals surface area contributed by atoms with Crippen molar-refractivity contribution in [2.45, 2.75) is 19.3 Å². The van der Waals surface area contributed by atoms with Gasteiger partial charge in [0, 0.05) is 24.5 Å². The SMILES string of the molecule is CC(C(=O)N(CCN)CCc1ccccc1)c1cccs1. The van der Waals surface area contributed by atoms with Gasteiger partial charge in [-0.15, -0.1) is 11.3 Å². The van der Waals surface area contributed by atoms with Crippen LogP contribution in [-0.2, 0) is 11.2 Å². The number of carbonyl (C=O) groups excluding carboxylic acids is 1. The summed E-state index contributed by atoms with van der Waals surface area (Å²) in [4.78, 5) is 15.6. The van der Waals surface area contributed by atoms with Crippen molar-refractivity contribution in [3.63, 3.8) is 0 Å². The Morgan fingerprint density at radius 1 is 1.19 bits per heavy atom. The molecule has 0 radical (unpaired) electrons. The van der Waals surface area contributed by atoms with Crippen LogP contribution in [0.5, 0.6) is 0 Å². The van der Waals surface area contributed by atoms with Gasteiger partial charge in [0.15, 0.2) is 0 Å². The van der Waals surface area contributed by atoms with E-state index >= 15 is 0 Å². The Hall–Kier alpha value is -1.65. The maximum absolute atomic E-state index is 12.6. The average molecular weight is 302 g/mol. The predicted octanol–water partition coefficient (Wildman–Crippen LogP) is 2.88. The summed E-state index contributed by atoms with van der Waals surface area (Å²) < 4.78 is 0. The Balaban J connectivity index is 1.99. The van der Waals surface area contributed by atoms with Crippen LogP contribution in [0.1, 0.15) is 23.3 Å². The molecule has 1 heterocycles. The molecule has 0 bridgehead atoms. The van der Waals surface area contributed by atoms with Gasteiger partial charge < -0.3 is 10.6 Å². The van der Waals surface area contributed by atoms with Gasteiger partial charge in [-0.05, 0) is 30.4 Å². The molecule has 3 nitrogen and oxygen atoms in total. The van der Waals surface area contributed by atoms with E-state index in [1.807, 2.05) is 47.5 Å². The standard InChI is InChI=1S/C17H22N2OS/c1-14(16-8-5-13-21-16)17(20)19(12-10-18)11-9-15-6-3-2-4-7-15/h2-8,13-14H,9-12,18H2,1H3. The third-order valence-corrected chi connectivity index (χ3v) is 4.62. The lowest BCUT2D eigenvalue weighted by molar-refractivity contribution is -0.132. The van der Waals surface area contributed by atoms with Crippen LogP contribution in [0.3, 0.4) is 0 Å². The second-order valence-corrected chi connectivity index (χ2v) is 6.07. The molecule has 0 saturated heterocycles. The van der Waals surface area contributed by atoms with Gasteiger partial charge in [0.1, 0.15) is 0 Å². The van der Waals surface area contributed by atoms with E-state index in [2.05, 4.69) is 12.1 Å². The van der Waals surface area contributed by atoms with Gasteiger partial charge in [-0.25, -0.2) is 0 Å². The molecule has 0 spiro atoms. The smallest absolute Gasteiger partial charge is 0.230 e. The topological polar surface area (TPSA) is 46.3 Å². The molecule has 2 rings (SSSR count). The van der Waals surface area contributed by atoms with Gasteiger partial charge in [-0.2, -0.15) is 0 Å². The van der Waals surface area contributed by atoms with Gasteiger partial charge in [-0.3, -0.25) is 4.79 Å². The summed E-state index contributed by atoms with van der Waals surface area (Å²) in [5.41, 5.74) is 6.91. The number of rotatable bonds is 7. The summed E-state index contributed by atoms with van der Waals surface area (Å²) in [5.74, 6) is 0.0751. The first-order valence-electron chi connectivity index (χ1n) is 7.28. The maximum atomic E-state index is 12.6. The number of hydrogen-bond acceptors (Lipinski definition) is 3. The molecule has 1 aromatic heterocycles. The first kappa shape index (κ1) is 15.7. The second kappa shape index (κ2) is 7.96. The monoisotopic (exact) mass is 302 g/mol. The molecule has 1 atom stereocenters. The van der Waals surface area contributed by atoms with Gasteiger partial charge in [-0.1, -0.05) is 36.4 Å².